The van der Waals surface area contributed by atoms with Crippen molar-refractivity contribution in [3.63, 3.8) is 0 Å². The molecule has 0 aliphatic heterocycles. The summed E-state index contributed by atoms with van der Waals surface area (Å²) < 4.78 is 5.88. The third-order valence-corrected chi connectivity index (χ3v) is 6.27. The topological polar surface area (TPSA) is 139 Å². The lowest BCUT2D eigenvalue weighted by atomic mass is 9.88. The Kier molecular flexibility index (Phi) is 6.08. The van der Waals surface area contributed by atoms with Crippen molar-refractivity contribution in [1.82, 2.24) is 10.2 Å². The van der Waals surface area contributed by atoms with Gasteiger partial charge in [0.05, 0.1) is 12.5 Å². The number of nitrogens with one attached hydrogen (secondary N) is 1. The Balaban J connectivity index is 2.17. The van der Waals surface area contributed by atoms with Crippen LogP contribution < -0.4 is 11.1 Å². The molecule has 0 aromatic heterocycles. The molecule has 28 heavy (non-hydrogen) atoms. The highest BCUT2D eigenvalue weighted by Gasteiger charge is 2.75. The average molecular weight is 397 g/mol. The van der Waals surface area contributed by atoms with Crippen molar-refractivity contribution < 1.29 is 29.0 Å². The normalized spacial score (nSPS) is 29.6. The Morgan fingerprint density at radius 3 is 2.39 bits per heavy atom. The van der Waals surface area contributed by atoms with Gasteiger partial charge >= 0.3 is 11.9 Å². The second-order valence-corrected chi connectivity index (χ2v) is 8.85. The van der Waals surface area contributed by atoms with Gasteiger partial charge in [-0.2, -0.15) is 0 Å². The lowest BCUT2D eigenvalue weighted by Gasteiger charge is -2.30. The minimum absolute atomic E-state index is 0.192. The van der Waals surface area contributed by atoms with E-state index in [0.717, 1.165) is 12.8 Å². The summed E-state index contributed by atoms with van der Waals surface area (Å²) in [7, 11) is 2.91. The van der Waals surface area contributed by atoms with Crippen molar-refractivity contribution in [2.24, 2.45) is 23.0 Å². The van der Waals surface area contributed by atoms with Crippen molar-refractivity contribution in [2.75, 3.05) is 14.1 Å². The van der Waals surface area contributed by atoms with E-state index in [0.29, 0.717) is 12.3 Å². The molecule has 2 aliphatic rings. The van der Waals surface area contributed by atoms with Crippen LogP contribution in [0.1, 0.15) is 46.5 Å². The number of esters is 1. The van der Waals surface area contributed by atoms with E-state index in [1.165, 1.54) is 19.0 Å². The Hall–Kier alpha value is -2.16. The van der Waals surface area contributed by atoms with E-state index >= 15 is 0 Å². The molecule has 2 fully saturated rings. The maximum Gasteiger partial charge on any atom is 0.339 e. The summed E-state index contributed by atoms with van der Waals surface area (Å²) in [6.07, 6.45) is 2.11. The molecule has 4 unspecified atom stereocenters. The lowest BCUT2D eigenvalue weighted by molar-refractivity contribution is -0.163. The van der Waals surface area contributed by atoms with Crippen LogP contribution in [0.2, 0.25) is 0 Å². The highest BCUT2D eigenvalue weighted by molar-refractivity contribution is 6.05. The molecule has 0 saturated heterocycles. The Bertz CT molecular complexity index is 677. The van der Waals surface area contributed by atoms with Crippen LogP contribution in [-0.4, -0.2) is 65.5 Å². The number of likely N-dealkylation sites (N-methyl/N-ethyl adjacent to an activating group) is 1. The first-order valence-electron chi connectivity index (χ1n) is 9.55. The molecule has 158 valence electrons. The van der Waals surface area contributed by atoms with Crippen molar-refractivity contribution >= 4 is 23.8 Å². The number of carboxylic acids is 1. The summed E-state index contributed by atoms with van der Waals surface area (Å²) in [5, 5.41) is 11.1. The molecule has 2 amide bonds. The van der Waals surface area contributed by atoms with Crippen molar-refractivity contribution in [2.45, 2.75) is 64.1 Å². The van der Waals surface area contributed by atoms with Crippen LogP contribution >= 0.6 is 0 Å². The SMILES string of the molecule is CC1CCC2C(C)(C)C2(OC(=O)C(NC(=O)[C@@H](N)CC(=O)O)C(=O)N(C)C)C1. The summed E-state index contributed by atoms with van der Waals surface area (Å²) in [6.45, 7) is 6.20. The standard InChI is InChI=1S/C19H31N3O6/c1-10-6-7-12-18(2,3)19(12,9-10)28-17(27)14(16(26)22(4)5)21-15(25)11(20)8-13(23)24/h10-12,14H,6-9,20H2,1-5H3,(H,21,25)(H,23,24)/t10?,11-,12?,14?,19?/m0/s1. The van der Waals surface area contributed by atoms with Gasteiger partial charge in [0.25, 0.3) is 5.91 Å². The zero-order chi connectivity index (χ0) is 21.4. The predicted molar refractivity (Wildman–Crippen MR) is 100.0 cm³/mol. The molecule has 0 radical (unpaired) electrons. The Morgan fingerprint density at radius 1 is 1.25 bits per heavy atom. The zero-order valence-corrected chi connectivity index (χ0v) is 17.2. The first kappa shape index (κ1) is 22.1. The maximum absolute atomic E-state index is 12.9. The van der Waals surface area contributed by atoms with Gasteiger partial charge in [0.1, 0.15) is 5.60 Å². The van der Waals surface area contributed by atoms with Gasteiger partial charge in [-0.25, -0.2) is 4.79 Å². The monoisotopic (exact) mass is 397 g/mol. The van der Waals surface area contributed by atoms with Gasteiger partial charge in [-0.3, -0.25) is 14.4 Å². The fraction of sp³-hybridized carbons (Fsp3) is 0.789. The van der Waals surface area contributed by atoms with Crippen LogP contribution in [0.4, 0.5) is 0 Å². The average Bonchev–Trinajstić information content (AvgIpc) is 3.04. The first-order chi connectivity index (χ1) is 12.8. The number of carbonyl (C=O) groups excluding carboxylic acids is 3. The second kappa shape index (κ2) is 7.69. The number of carboxylic acid groups (broad SMARTS) is 1. The van der Waals surface area contributed by atoms with Crippen molar-refractivity contribution in [1.29, 1.82) is 0 Å². The van der Waals surface area contributed by atoms with Gasteiger partial charge in [0.2, 0.25) is 11.9 Å². The van der Waals surface area contributed by atoms with Crippen LogP contribution in [0.25, 0.3) is 0 Å². The minimum Gasteiger partial charge on any atom is -0.481 e. The molecule has 2 aliphatic carbocycles. The molecule has 0 aromatic carbocycles. The molecular formula is C19H31N3O6. The lowest BCUT2D eigenvalue weighted by Crippen LogP contribution is -2.56. The molecule has 5 atom stereocenters. The van der Waals surface area contributed by atoms with E-state index in [1.54, 1.807) is 0 Å². The number of nitrogens with zero attached hydrogens (tertiary/aromatic N) is 1. The van der Waals surface area contributed by atoms with Gasteiger partial charge in [0.15, 0.2) is 0 Å². The third-order valence-electron chi connectivity index (χ3n) is 6.27. The molecule has 2 saturated carbocycles. The van der Waals surface area contributed by atoms with E-state index in [9.17, 15) is 19.2 Å². The summed E-state index contributed by atoms with van der Waals surface area (Å²) in [5.41, 5.74) is 4.72. The highest BCUT2D eigenvalue weighted by Crippen LogP contribution is 2.71. The molecule has 0 spiro atoms. The zero-order valence-electron chi connectivity index (χ0n) is 17.2. The number of hydrogen-bond donors (Lipinski definition) is 3. The highest BCUT2D eigenvalue weighted by atomic mass is 16.6. The third kappa shape index (κ3) is 3.99. The molecular weight excluding hydrogens is 366 g/mol. The van der Waals surface area contributed by atoms with E-state index in [1.807, 2.05) is 13.8 Å². The number of carbonyl (C=O) groups is 4. The molecule has 0 bridgehead atoms. The minimum atomic E-state index is -1.56. The number of aliphatic carboxylic acids is 1. The van der Waals surface area contributed by atoms with E-state index in [2.05, 4.69) is 12.2 Å². The summed E-state index contributed by atoms with van der Waals surface area (Å²) in [6, 6.07) is -2.94. The van der Waals surface area contributed by atoms with Gasteiger partial charge in [-0.05, 0) is 18.8 Å². The fourth-order valence-electron chi connectivity index (χ4n) is 4.49. The second-order valence-electron chi connectivity index (χ2n) is 8.85. The molecule has 9 nitrogen and oxygen atoms in total. The largest absolute Gasteiger partial charge is 0.481 e. The number of hydrogen-bond acceptors (Lipinski definition) is 6. The van der Waals surface area contributed by atoms with Crippen LogP contribution in [-0.2, 0) is 23.9 Å². The smallest absolute Gasteiger partial charge is 0.339 e. The Labute approximate surface area is 165 Å². The first-order valence-corrected chi connectivity index (χ1v) is 9.55. The molecule has 2 rings (SSSR count). The maximum atomic E-state index is 12.9. The summed E-state index contributed by atoms with van der Waals surface area (Å²) in [4.78, 5) is 49.6. The number of rotatable bonds is 7. The molecule has 0 aromatic rings. The van der Waals surface area contributed by atoms with Crippen LogP contribution in [0.15, 0.2) is 0 Å². The number of ether oxygens (including phenoxy) is 1. The number of fused-ring (bicyclic) bond motifs is 1. The van der Waals surface area contributed by atoms with Gasteiger partial charge in [-0.1, -0.05) is 27.2 Å². The van der Waals surface area contributed by atoms with Gasteiger partial charge < -0.3 is 25.8 Å². The van der Waals surface area contributed by atoms with E-state index in [-0.39, 0.29) is 11.3 Å². The predicted octanol–water partition coefficient (Wildman–Crippen LogP) is 0.119. The molecule has 0 heterocycles. The van der Waals surface area contributed by atoms with Crippen LogP contribution in [0, 0.1) is 17.3 Å². The number of amides is 2. The Morgan fingerprint density at radius 2 is 1.86 bits per heavy atom. The van der Waals surface area contributed by atoms with Crippen molar-refractivity contribution in [3.8, 4) is 0 Å². The van der Waals surface area contributed by atoms with Gasteiger partial charge in [0, 0.05) is 25.4 Å². The number of nitrogens with two attached hydrogens (primary N) is 1. The van der Waals surface area contributed by atoms with E-state index in [4.69, 9.17) is 15.6 Å². The van der Waals surface area contributed by atoms with Crippen molar-refractivity contribution in [3.05, 3.63) is 0 Å². The van der Waals surface area contributed by atoms with Gasteiger partial charge in [-0.15, -0.1) is 0 Å². The summed E-state index contributed by atoms with van der Waals surface area (Å²) in [5.74, 6) is -3.01. The van der Waals surface area contributed by atoms with E-state index < -0.39 is 47.9 Å². The summed E-state index contributed by atoms with van der Waals surface area (Å²) >= 11 is 0. The molecule has 4 N–H and O–H groups in total. The fourth-order valence-corrected chi connectivity index (χ4v) is 4.49. The van der Waals surface area contributed by atoms with Crippen LogP contribution in [0.5, 0.6) is 0 Å². The quantitative estimate of drug-likeness (QED) is 0.409. The molecule has 9 heteroatoms. The van der Waals surface area contributed by atoms with Crippen LogP contribution in [0.3, 0.4) is 0 Å².